The van der Waals surface area contributed by atoms with Crippen LogP contribution in [0.1, 0.15) is 26.2 Å². The fraction of sp³-hybridized carbons (Fsp3) is 0.611. The molecule has 1 aromatic rings. The van der Waals surface area contributed by atoms with Gasteiger partial charge in [-0.25, -0.2) is 0 Å². The molecule has 1 heterocycles. The van der Waals surface area contributed by atoms with E-state index in [1.807, 2.05) is 18.8 Å². The van der Waals surface area contributed by atoms with Crippen LogP contribution in [0.3, 0.4) is 0 Å². The highest BCUT2D eigenvalue weighted by Crippen LogP contribution is 2.15. The molecule has 1 fully saturated rings. The molecule has 0 bridgehead atoms. The zero-order valence-electron chi connectivity index (χ0n) is 14.8. The quantitative estimate of drug-likeness (QED) is 0.214. The number of nitrogens with zero attached hydrogens (tertiary/aromatic N) is 2. The summed E-state index contributed by atoms with van der Waals surface area (Å²) in [6.07, 6.45) is 3.67. The maximum absolute atomic E-state index is 4.35. The molecule has 0 radical (unpaired) electrons. The van der Waals surface area contributed by atoms with Gasteiger partial charge in [-0.3, -0.25) is 4.99 Å². The predicted molar refractivity (Wildman–Crippen MR) is 117 cm³/mol. The minimum absolute atomic E-state index is 0. The van der Waals surface area contributed by atoms with Gasteiger partial charge < -0.3 is 15.5 Å². The van der Waals surface area contributed by atoms with Gasteiger partial charge in [0.15, 0.2) is 5.96 Å². The van der Waals surface area contributed by atoms with Crippen LogP contribution in [0.4, 0.5) is 0 Å². The van der Waals surface area contributed by atoms with Crippen molar-refractivity contribution in [2.45, 2.75) is 37.1 Å². The fourth-order valence-electron chi connectivity index (χ4n) is 2.86. The van der Waals surface area contributed by atoms with Crippen LogP contribution in [-0.2, 0) is 0 Å². The van der Waals surface area contributed by atoms with Crippen molar-refractivity contribution in [3.63, 3.8) is 0 Å². The molecule has 24 heavy (non-hydrogen) atoms. The molecular formula is C18H31IN4S. The number of nitrogens with one attached hydrogen (secondary N) is 2. The smallest absolute Gasteiger partial charge is 0.191 e. The summed E-state index contributed by atoms with van der Waals surface area (Å²) >= 11 is 1.87. The minimum atomic E-state index is 0. The minimum Gasteiger partial charge on any atom is -0.356 e. The third-order valence-electron chi connectivity index (χ3n) is 4.10. The van der Waals surface area contributed by atoms with E-state index in [-0.39, 0.29) is 24.0 Å². The predicted octanol–water partition coefficient (Wildman–Crippen LogP) is 3.44. The Balaban J connectivity index is 0.00000288. The first-order chi connectivity index (χ1) is 11.3. The summed E-state index contributed by atoms with van der Waals surface area (Å²) in [6.45, 7) is 6.81. The SMILES string of the molecule is CCCN1CCC(NC(=NC)NCCSc2ccccc2)CC1.I. The Morgan fingerprint density at radius 1 is 1.25 bits per heavy atom. The number of hydrogen-bond donors (Lipinski definition) is 2. The second-order valence-corrected chi connectivity index (χ2v) is 7.09. The monoisotopic (exact) mass is 462 g/mol. The Kier molecular flexibility index (Phi) is 11.5. The summed E-state index contributed by atoms with van der Waals surface area (Å²) in [5, 5.41) is 7.00. The van der Waals surface area contributed by atoms with E-state index in [1.54, 1.807) is 0 Å². The Morgan fingerprint density at radius 2 is 1.96 bits per heavy atom. The van der Waals surface area contributed by atoms with Crippen molar-refractivity contribution in [3.05, 3.63) is 30.3 Å². The molecule has 2 rings (SSSR count). The van der Waals surface area contributed by atoms with E-state index in [2.05, 4.69) is 57.8 Å². The summed E-state index contributed by atoms with van der Waals surface area (Å²) in [6, 6.07) is 11.1. The van der Waals surface area contributed by atoms with E-state index >= 15 is 0 Å². The molecule has 0 spiro atoms. The van der Waals surface area contributed by atoms with Gasteiger partial charge in [-0.1, -0.05) is 25.1 Å². The average molecular weight is 462 g/mol. The van der Waals surface area contributed by atoms with Crippen molar-refractivity contribution >= 4 is 41.7 Å². The molecule has 0 aliphatic carbocycles. The molecular weight excluding hydrogens is 431 g/mol. The van der Waals surface area contributed by atoms with Crippen molar-refractivity contribution in [1.29, 1.82) is 0 Å². The Morgan fingerprint density at radius 3 is 2.58 bits per heavy atom. The molecule has 1 aliphatic heterocycles. The lowest BCUT2D eigenvalue weighted by molar-refractivity contribution is 0.206. The van der Waals surface area contributed by atoms with Crippen LogP contribution in [0.2, 0.25) is 0 Å². The molecule has 1 aromatic carbocycles. The second kappa shape index (κ2) is 12.8. The van der Waals surface area contributed by atoms with Gasteiger partial charge in [-0.05, 0) is 37.9 Å². The van der Waals surface area contributed by atoms with Crippen LogP contribution in [0, 0.1) is 0 Å². The molecule has 6 heteroatoms. The van der Waals surface area contributed by atoms with Gasteiger partial charge in [0.2, 0.25) is 0 Å². The number of halogens is 1. The zero-order valence-corrected chi connectivity index (χ0v) is 18.0. The van der Waals surface area contributed by atoms with Crippen molar-refractivity contribution in [1.82, 2.24) is 15.5 Å². The van der Waals surface area contributed by atoms with Gasteiger partial charge in [0, 0.05) is 43.4 Å². The van der Waals surface area contributed by atoms with Crippen LogP contribution in [0.5, 0.6) is 0 Å². The first-order valence-corrected chi connectivity index (χ1v) is 9.67. The Hall–Kier alpha value is -0.470. The maximum Gasteiger partial charge on any atom is 0.191 e. The Bertz CT molecular complexity index is 461. The van der Waals surface area contributed by atoms with Crippen LogP contribution in [-0.4, -0.2) is 55.9 Å². The van der Waals surface area contributed by atoms with Crippen LogP contribution >= 0.6 is 35.7 Å². The number of likely N-dealkylation sites (tertiary alicyclic amines) is 1. The van der Waals surface area contributed by atoms with E-state index in [4.69, 9.17) is 0 Å². The third-order valence-corrected chi connectivity index (χ3v) is 5.11. The summed E-state index contributed by atoms with van der Waals surface area (Å²) in [5.41, 5.74) is 0. The van der Waals surface area contributed by atoms with Crippen molar-refractivity contribution in [2.75, 3.05) is 39.0 Å². The van der Waals surface area contributed by atoms with Gasteiger partial charge in [-0.2, -0.15) is 0 Å². The second-order valence-electron chi connectivity index (χ2n) is 5.92. The molecule has 0 aromatic heterocycles. The molecule has 0 unspecified atom stereocenters. The van der Waals surface area contributed by atoms with Gasteiger partial charge in [0.1, 0.15) is 0 Å². The molecule has 136 valence electrons. The maximum atomic E-state index is 4.35. The highest BCUT2D eigenvalue weighted by atomic mass is 127. The zero-order chi connectivity index (χ0) is 16.3. The van der Waals surface area contributed by atoms with Gasteiger partial charge >= 0.3 is 0 Å². The van der Waals surface area contributed by atoms with E-state index < -0.39 is 0 Å². The third kappa shape index (κ3) is 8.07. The van der Waals surface area contributed by atoms with Gasteiger partial charge in [0.05, 0.1) is 0 Å². The van der Waals surface area contributed by atoms with Crippen LogP contribution in [0.25, 0.3) is 0 Å². The lowest BCUT2D eigenvalue weighted by Gasteiger charge is -2.32. The van der Waals surface area contributed by atoms with Crippen LogP contribution < -0.4 is 10.6 Å². The van der Waals surface area contributed by atoms with Gasteiger partial charge in [-0.15, -0.1) is 35.7 Å². The number of piperidine rings is 1. The molecule has 0 saturated carbocycles. The van der Waals surface area contributed by atoms with Crippen molar-refractivity contribution in [2.24, 2.45) is 4.99 Å². The fourth-order valence-corrected chi connectivity index (χ4v) is 3.65. The van der Waals surface area contributed by atoms with E-state index in [9.17, 15) is 0 Å². The van der Waals surface area contributed by atoms with Crippen molar-refractivity contribution in [3.8, 4) is 0 Å². The van der Waals surface area contributed by atoms with Gasteiger partial charge in [0.25, 0.3) is 0 Å². The number of rotatable bonds is 7. The van der Waals surface area contributed by atoms with Crippen molar-refractivity contribution < 1.29 is 0 Å². The number of guanidine groups is 1. The number of hydrogen-bond acceptors (Lipinski definition) is 3. The lowest BCUT2D eigenvalue weighted by Crippen LogP contribution is -2.49. The summed E-state index contributed by atoms with van der Waals surface area (Å²) < 4.78 is 0. The molecule has 0 atom stereocenters. The normalized spacial score (nSPS) is 16.5. The average Bonchev–Trinajstić information content (AvgIpc) is 2.60. The number of aliphatic imine (C=N–C) groups is 1. The largest absolute Gasteiger partial charge is 0.356 e. The summed E-state index contributed by atoms with van der Waals surface area (Å²) in [4.78, 5) is 8.23. The summed E-state index contributed by atoms with van der Waals surface area (Å²) in [7, 11) is 1.85. The molecule has 4 nitrogen and oxygen atoms in total. The highest BCUT2D eigenvalue weighted by molar-refractivity contribution is 14.0. The lowest BCUT2D eigenvalue weighted by atomic mass is 10.1. The highest BCUT2D eigenvalue weighted by Gasteiger charge is 2.19. The topological polar surface area (TPSA) is 39.7 Å². The first-order valence-electron chi connectivity index (χ1n) is 8.69. The number of thioether (sulfide) groups is 1. The molecule has 0 amide bonds. The summed E-state index contributed by atoms with van der Waals surface area (Å²) in [5.74, 6) is 1.98. The Labute approximate surface area is 168 Å². The first kappa shape index (κ1) is 21.6. The molecule has 1 saturated heterocycles. The van der Waals surface area contributed by atoms with E-state index in [0.29, 0.717) is 6.04 Å². The van der Waals surface area contributed by atoms with Crippen LogP contribution in [0.15, 0.2) is 40.2 Å². The molecule has 1 aliphatic rings. The standard InChI is InChI=1S/C18H30N4S.HI/c1-3-12-22-13-9-16(10-14-22)21-18(19-2)20-11-15-23-17-7-5-4-6-8-17;/h4-8,16H,3,9-15H2,1-2H3,(H2,19,20,21);1H. The van der Waals surface area contributed by atoms with E-state index in [1.165, 1.54) is 43.8 Å². The molecule has 2 N–H and O–H groups in total. The number of benzene rings is 1. The van der Waals surface area contributed by atoms with E-state index in [0.717, 1.165) is 18.3 Å².